The van der Waals surface area contributed by atoms with Crippen molar-refractivity contribution >= 4 is 17.3 Å². The summed E-state index contributed by atoms with van der Waals surface area (Å²) in [7, 11) is 0. The summed E-state index contributed by atoms with van der Waals surface area (Å²) in [6.07, 6.45) is 7.97. The van der Waals surface area contributed by atoms with E-state index in [1.165, 1.54) is 38.5 Å². The average Bonchev–Trinajstić information content (AvgIpc) is 2.47. The van der Waals surface area contributed by atoms with Crippen LogP contribution in [0.25, 0.3) is 0 Å². The Bertz CT molecular complexity index is 281. The second kappa shape index (κ2) is 7.44. The Labute approximate surface area is 123 Å². The molecule has 2 aliphatic rings. The maximum Gasteiger partial charge on any atom is 0.169 e. The van der Waals surface area contributed by atoms with E-state index >= 15 is 0 Å². The summed E-state index contributed by atoms with van der Waals surface area (Å²) >= 11 is 5.58. The van der Waals surface area contributed by atoms with Gasteiger partial charge in [0, 0.05) is 38.3 Å². The first kappa shape index (κ1) is 15.0. The molecule has 2 rings (SSSR count). The Morgan fingerprint density at radius 2 is 1.79 bits per heavy atom. The second-order valence-corrected chi connectivity index (χ2v) is 6.45. The number of thiocarbonyl (C=S) groups is 1. The van der Waals surface area contributed by atoms with Crippen molar-refractivity contribution < 1.29 is 0 Å². The van der Waals surface area contributed by atoms with Crippen molar-refractivity contribution in [3.8, 4) is 0 Å². The van der Waals surface area contributed by atoms with E-state index in [-0.39, 0.29) is 0 Å². The van der Waals surface area contributed by atoms with Crippen LogP contribution in [0.5, 0.6) is 0 Å². The zero-order valence-electron chi connectivity index (χ0n) is 12.5. The van der Waals surface area contributed by atoms with Crippen LogP contribution in [0.3, 0.4) is 0 Å². The molecule has 3 nitrogen and oxygen atoms in total. The van der Waals surface area contributed by atoms with Crippen LogP contribution in [0.1, 0.15) is 52.4 Å². The molecule has 0 bridgehead atoms. The number of nitrogens with zero attached hydrogens (tertiary/aromatic N) is 2. The minimum absolute atomic E-state index is 0.633. The molecule has 4 heteroatoms. The lowest BCUT2D eigenvalue weighted by molar-refractivity contribution is 0.136. The molecule has 1 saturated heterocycles. The van der Waals surface area contributed by atoms with E-state index in [0.29, 0.717) is 12.1 Å². The van der Waals surface area contributed by atoms with E-state index in [0.717, 1.165) is 31.3 Å². The van der Waals surface area contributed by atoms with Gasteiger partial charge in [-0.2, -0.15) is 0 Å². The van der Waals surface area contributed by atoms with Gasteiger partial charge in [-0.25, -0.2) is 0 Å². The molecule has 1 heterocycles. The summed E-state index contributed by atoms with van der Waals surface area (Å²) in [4.78, 5) is 4.95. The van der Waals surface area contributed by atoms with Gasteiger partial charge in [-0.05, 0) is 38.4 Å². The molecule has 1 unspecified atom stereocenters. The molecule has 2 fully saturated rings. The van der Waals surface area contributed by atoms with Gasteiger partial charge in [-0.1, -0.05) is 26.2 Å². The molecule has 0 aromatic carbocycles. The van der Waals surface area contributed by atoms with Crippen LogP contribution in [0.4, 0.5) is 0 Å². The molecule has 110 valence electrons. The Kier molecular flexibility index (Phi) is 5.89. The third kappa shape index (κ3) is 4.32. The summed E-state index contributed by atoms with van der Waals surface area (Å²) in [6.45, 7) is 9.08. The molecule has 1 aliphatic heterocycles. The normalized spacial score (nSPS) is 24.2. The van der Waals surface area contributed by atoms with Crippen LogP contribution in [0.2, 0.25) is 0 Å². The zero-order chi connectivity index (χ0) is 13.7. The molecular weight excluding hydrogens is 254 g/mol. The monoisotopic (exact) mass is 283 g/mol. The van der Waals surface area contributed by atoms with Crippen molar-refractivity contribution in [1.82, 2.24) is 15.1 Å². The maximum absolute atomic E-state index is 5.58. The Balaban J connectivity index is 1.72. The Hall–Kier alpha value is -0.350. The SMILES string of the molecule is CCC(C)N1CCN(C(=S)NC2CCCCC2)CC1. The standard InChI is InChI=1S/C15H29N3S/c1-3-13(2)17-9-11-18(12-10-17)15(19)16-14-7-5-4-6-8-14/h13-14H,3-12H2,1-2H3,(H,16,19). The number of piperazine rings is 1. The minimum atomic E-state index is 0.633. The van der Waals surface area contributed by atoms with E-state index in [2.05, 4.69) is 29.0 Å². The Morgan fingerprint density at radius 3 is 2.37 bits per heavy atom. The molecule has 0 aromatic rings. The van der Waals surface area contributed by atoms with Crippen LogP contribution in [0.15, 0.2) is 0 Å². The highest BCUT2D eigenvalue weighted by molar-refractivity contribution is 7.80. The Morgan fingerprint density at radius 1 is 1.16 bits per heavy atom. The zero-order valence-corrected chi connectivity index (χ0v) is 13.3. The van der Waals surface area contributed by atoms with Crippen LogP contribution in [-0.2, 0) is 0 Å². The number of hydrogen-bond acceptors (Lipinski definition) is 2. The summed E-state index contributed by atoms with van der Waals surface area (Å²) in [6, 6.07) is 1.34. The van der Waals surface area contributed by atoms with Crippen molar-refractivity contribution in [3.63, 3.8) is 0 Å². The van der Waals surface area contributed by atoms with E-state index in [1.54, 1.807) is 0 Å². The quantitative estimate of drug-likeness (QED) is 0.802. The van der Waals surface area contributed by atoms with Gasteiger partial charge in [0.1, 0.15) is 0 Å². The number of nitrogens with one attached hydrogen (secondary N) is 1. The summed E-state index contributed by atoms with van der Waals surface area (Å²) < 4.78 is 0. The molecule has 1 saturated carbocycles. The average molecular weight is 283 g/mol. The lowest BCUT2D eigenvalue weighted by Gasteiger charge is -2.40. The molecular formula is C15H29N3S. The lowest BCUT2D eigenvalue weighted by Crippen LogP contribution is -2.55. The molecule has 0 radical (unpaired) electrons. The molecule has 1 aliphatic carbocycles. The van der Waals surface area contributed by atoms with E-state index in [9.17, 15) is 0 Å². The van der Waals surface area contributed by atoms with Gasteiger partial charge in [-0.15, -0.1) is 0 Å². The molecule has 1 atom stereocenters. The second-order valence-electron chi connectivity index (χ2n) is 6.06. The fourth-order valence-electron chi connectivity index (χ4n) is 3.14. The van der Waals surface area contributed by atoms with Crippen molar-refractivity contribution in [3.05, 3.63) is 0 Å². The molecule has 0 aromatic heterocycles. The highest BCUT2D eigenvalue weighted by atomic mass is 32.1. The van der Waals surface area contributed by atoms with E-state index in [4.69, 9.17) is 12.2 Å². The third-order valence-electron chi connectivity index (χ3n) is 4.75. The van der Waals surface area contributed by atoms with Gasteiger partial charge in [0.25, 0.3) is 0 Å². The summed E-state index contributed by atoms with van der Waals surface area (Å²) in [5, 5.41) is 4.58. The van der Waals surface area contributed by atoms with Crippen molar-refractivity contribution in [2.24, 2.45) is 0 Å². The lowest BCUT2D eigenvalue weighted by atomic mass is 9.96. The maximum atomic E-state index is 5.58. The minimum Gasteiger partial charge on any atom is -0.360 e. The van der Waals surface area contributed by atoms with Crippen LogP contribution < -0.4 is 5.32 Å². The first-order valence-corrected chi connectivity index (χ1v) is 8.41. The molecule has 1 N–H and O–H groups in total. The van der Waals surface area contributed by atoms with Gasteiger partial charge in [0.15, 0.2) is 5.11 Å². The summed E-state index contributed by atoms with van der Waals surface area (Å²) in [5.74, 6) is 0. The number of rotatable bonds is 3. The van der Waals surface area contributed by atoms with E-state index < -0.39 is 0 Å². The van der Waals surface area contributed by atoms with Crippen LogP contribution in [-0.4, -0.2) is 53.2 Å². The van der Waals surface area contributed by atoms with Crippen molar-refractivity contribution in [2.75, 3.05) is 26.2 Å². The largest absolute Gasteiger partial charge is 0.360 e. The van der Waals surface area contributed by atoms with Gasteiger partial charge in [0.05, 0.1) is 0 Å². The van der Waals surface area contributed by atoms with Gasteiger partial charge < -0.3 is 10.2 Å². The van der Waals surface area contributed by atoms with Crippen LogP contribution >= 0.6 is 12.2 Å². The van der Waals surface area contributed by atoms with Gasteiger partial charge >= 0.3 is 0 Å². The van der Waals surface area contributed by atoms with Gasteiger partial charge in [0.2, 0.25) is 0 Å². The van der Waals surface area contributed by atoms with Crippen molar-refractivity contribution in [2.45, 2.75) is 64.5 Å². The van der Waals surface area contributed by atoms with Crippen molar-refractivity contribution in [1.29, 1.82) is 0 Å². The molecule has 19 heavy (non-hydrogen) atoms. The fraction of sp³-hybridized carbons (Fsp3) is 0.933. The fourth-order valence-corrected chi connectivity index (χ4v) is 3.49. The van der Waals surface area contributed by atoms with Gasteiger partial charge in [-0.3, -0.25) is 4.90 Å². The first-order chi connectivity index (χ1) is 9.20. The van der Waals surface area contributed by atoms with E-state index in [1.807, 2.05) is 0 Å². The highest BCUT2D eigenvalue weighted by Crippen LogP contribution is 2.18. The topological polar surface area (TPSA) is 18.5 Å². The predicted molar refractivity (Wildman–Crippen MR) is 85.5 cm³/mol. The summed E-state index contributed by atoms with van der Waals surface area (Å²) in [5.41, 5.74) is 0. The third-order valence-corrected chi connectivity index (χ3v) is 5.12. The molecule has 0 spiro atoms. The smallest absolute Gasteiger partial charge is 0.169 e. The highest BCUT2D eigenvalue weighted by Gasteiger charge is 2.23. The predicted octanol–water partition coefficient (Wildman–Crippen LogP) is 2.61. The molecule has 0 amide bonds. The van der Waals surface area contributed by atoms with Crippen LogP contribution in [0, 0.1) is 0 Å². The number of hydrogen-bond donors (Lipinski definition) is 1. The first-order valence-electron chi connectivity index (χ1n) is 8.00.